The maximum atomic E-state index is 10.6. The van der Waals surface area contributed by atoms with Crippen molar-refractivity contribution in [2.45, 2.75) is 16.2 Å². The fourth-order valence-corrected chi connectivity index (χ4v) is 3.03. The average molecular weight is 338 g/mol. The minimum atomic E-state index is -0.818. The summed E-state index contributed by atoms with van der Waals surface area (Å²) in [5.74, 6) is -0.818. The van der Waals surface area contributed by atoms with Crippen molar-refractivity contribution in [1.82, 2.24) is 0 Å². The maximum Gasteiger partial charge on any atom is 0.307 e. The molecule has 0 aliphatic heterocycles. The number of aliphatic carboxylic acids is 1. The van der Waals surface area contributed by atoms with Crippen molar-refractivity contribution in [3.63, 3.8) is 0 Å². The second kappa shape index (κ2) is 6.12. The highest BCUT2D eigenvalue weighted by Gasteiger charge is 2.04. The van der Waals surface area contributed by atoms with Crippen LogP contribution in [0.4, 0.5) is 5.69 Å². The van der Waals surface area contributed by atoms with Gasteiger partial charge in [-0.05, 0) is 51.8 Å². The van der Waals surface area contributed by atoms with Gasteiger partial charge in [0.15, 0.2) is 0 Å². The van der Waals surface area contributed by atoms with Gasteiger partial charge < -0.3 is 10.8 Å². The van der Waals surface area contributed by atoms with Crippen molar-refractivity contribution in [2.75, 3.05) is 5.73 Å². The Morgan fingerprint density at radius 1 is 1.21 bits per heavy atom. The fourth-order valence-electron chi connectivity index (χ4n) is 1.58. The normalized spacial score (nSPS) is 10.4. The van der Waals surface area contributed by atoms with Gasteiger partial charge in [-0.25, -0.2) is 0 Å². The van der Waals surface area contributed by atoms with Crippen molar-refractivity contribution in [1.29, 1.82) is 0 Å². The molecular weight excluding hydrogens is 326 g/mol. The topological polar surface area (TPSA) is 63.3 Å². The van der Waals surface area contributed by atoms with Crippen LogP contribution in [0.1, 0.15) is 5.56 Å². The van der Waals surface area contributed by atoms with Crippen molar-refractivity contribution in [2.24, 2.45) is 0 Å². The molecule has 0 saturated heterocycles. The van der Waals surface area contributed by atoms with E-state index in [1.165, 1.54) is 0 Å². The van der Waals surface area contributed by atoms with Crippen LogP contribution in [0.5, 0.6) is 0 Å². The van der Waals surface area contributed by atoms with Crippen LogP contribution in [0.25, 0.3) is 0 Å². The molecule has 0 heterocycles. The second-order valence-corrected chi connectivity index (χ2v) is 5.98. The maximum absolute atomic E-state index is 10.6. The first-order valence-electron chi connectivity index (χ1n) is 5.58. The third kappa shape index (κ3) is 4.01. The molecule has 2 aromatic rings. The van der Waals surface area contributed by atoms with Crippen LogP contribution in [0.2, 0.25) is 0 Å². The largest absolute Gasteiger partial charge is 0.481 e. The van der Waals surface area contributed by atoms with Crippen LogP contribution >= 0.6 is 27.7 Å². The number of benzene rings is 2. The van der Waals surface area contributed by atoms with Crippen LogP contribution < -0.4 is 5.73 Å². The van der Waals surface area contributed by atoms with Gasteiger partial charge in [0.1, 0.15) is 0 Å². The molecule has 5 heteroatoms. The molecule has 2 rings (SSSR count). The standard InChI is InChI=1S/C14H12BrNO2S/c15-12-8-10(16)3-6-13(12)19-11-4-1-9(2-5-11)7-14(17)18/h1-6,8H,7,16H2,(H,17,18). The molecule has 0 aliphatic rings. The Morgan fingerprint density at radius 2 is 1.89 bits per heavy atom. The third-order valence-corrected chi connectivity index (χ3v) is 4.46. The predicted octanol–water partition coefficient (Wildman–Crippen LogP) is 3.81. The quantitative estimate of drug-likeness (QED) is 0.832. The van der Waals surface area contributed by atoms with E-state index < -0.39 is 5.97 Å². The first-order chi connectivity index (χ1) is 9.04. The third-order valence-electron chi connectivity index (χ3n) is 2.46. The van der Waals surface area contributed by atoms with E-state index in [0.29, 0.717) is 5.69 Å². The molecule has 2 aromatic carbocycles. The molecule has 0 saturated carbocycles. The Bertz CT molecular complexity index is 599. The number of hydrogen-bond donors (Lipinski definition) is 2. The van der Waals surface area contributed by atoms with E-state index in [2.05, 4.69) is 15.9 Å². The lowest BCUT2D eigenvalue weighted by Crippen LogP contribution is -1.99. The number of carboxylic acids is 1. The van der Waals surface area contributed by atoms with E-state index in [9.17, 15) is 4.79 Å². The first kappa shape index (κ1) is 14.0. The van der Waals surface area contributed by atoms with Crippen LogP contribution in [-0.4, -0.2) is 11.1 Å². The van der Waals surface area contributed by atoms with E-state index in [-0.39, 0.29) is 6.42 Å². The zero-order valence-electron chi connectivity index (χ0n) is 9.97. The number of carboxylic acid groups (broad SMARTS) is 1. The molecule has 19 heavy (non-hydrogen) atoms. The van der Waals surface area contributed by atoms with E-state index in [1.54, 1.807) is 11.8 Å². The Labute approximate surface area is 124 Å². The summed E-state index contributed by atoms with van der Waals surface area (Å²) < 4.78 is 0.951. The van der Waals surface area contributed by atoms with Crippen molar-refractivity contribution in [3.8, 4) is 0 Å². The highest BCUT2D eigenvalue weighted by molar-refractivity contribution is 9.10. The molecule has 0 radical (unpaired) electrons. The first-order valence-corrected chi connectivity index (χ1v) is 7.19. The van der Waals surface area contributed by atoms with Crippen molar-refractivity contribution in [3.05, 3.63) is 52.5 Å². The number of anilines is 1. The number of nitrogens with two attached hydrogens (primary N) is 1. The molecule has 98 valence electrons. The second-order valence-electron chi connectivity index (χ2n) is 4.01. The zero-order chi connectivity index (χ0) is 13.8. The Balaban J connectivity index is 2.13. The van der Waals surface area contributed by atoms with Gasteiger partial charge in [-0.3, -0.25) is 4.79 Å². The van der Waals surface area contributed by atoms with Gasteiger partial charge in [-0.1, -0.05) is 23.9 Å². The van der Waals surface area contributed by atoms with Crippen LogP contribution in [0.15, 0.2) is 56.7 Å². The molecule has 0 amide bonds. The van der Waals surface area contributed by atoms with Crippen molar-refractivity contribution < 1.29 is 9.90 Å². The number of hydrogen-bond acceptors (Lipinski definition) is 3. The van der Waals surface area contributed by atoms with Gasteiger partial charge in [-0.2, -0.15) is 0 Å². The van der Waals surface area contributed by atoms with Gasteiger partial charge >= 0.3 is 5.97 Å². The highest BCUT2D eigenvalue weighted by atomic mass is 79.9. The number of rotatable bonds is 4. The average Bonchev–Trinajstić information content (AvgIpc) is 2.34. The van der Waals surface area contributed by atoms with Gasteiger partial charge in [0, 0.05) is 20.0 Å². The van der Waals surface area contributed by atoms with Crippen LogP contribution in [0, 0.1) is 0 Å². The summed E-state index contributed by atoms with van der Waals surface area (Å²) in [5.41, 5.74) is 7.21. The predicted molar refractivity (Wildman–Crippen MR) is 80.5 cm³/mol. The SMILES string of the molecule is Nc1ccc(Sc2ccc(CC(=O)O)cc2)c(Br)c1. The summed E-state index contributed by atoms with van der Waals surface area (Å²) in [6, 6.07) is 13.2. The lowest BCUT2D eigenvalue weighted by Gasteiger charge is -2.06. The summed E-state index contributed by atoms with van der Waals surface area (Å²) in [5, 5.41) is 8.71. The summed E-state index contributed by atoms with van der Waals surface area (Å²) in [6.45, 7) is 0. The van der Waals surface area contributed by atoms with Gasteiger partial charge in [0.2, 0.25) is 0 Å². The van der Waals surface area contributed by atoms with Crippen LogP contribution in [0.3, 0.4) is 0 Å². The number of halogens is 1. The van der Waals surface area contributed by atoms with E-state index >= 15 is 0 Å². The smallest absolute Gasteiger partial charge is 0.307 e. The molecule has 0 atom stereocenters. The Kier molecular flexibility index (Phi) is 4.50. The minimum absolute atomic E-state index is 0.0521. The molecule has 0 fully saturated rings. The summed E-state index contributed by atoms with van der Waals surface area (Å²) in [6.07, 6.45) is 0.0521. The Morgan fingerprint density at radius 3 is 2.47 bits per heavy atom. The monoisotopic (exact) mass is 337 g/mol. The molecule has 3 nitrogen and oxygen atoms in total. The molecule has 3 N–H and O–H groups in total. The van der Waals surface area contributed by atoms with Gasteiger partial charge in [0.05, 0.1) is 6.42 Å². The van der Waals surface area contributed by atoms with Gasteiger partial charge in [-0.15, -0.1) is 0 Å². The molecule has 0 bridgehead atoms. The van der Waals surface area contributed by atoms with E-state index in [4.69, 9.17) is 10.8 Å². The van der Waals surface area contributed by atoms with Gasteiger partial charge in [0.25, 0.3) is 0 Å². The lowest BCUT2D eigenvalue weighted by molar-refractivity contribution is -0.136. The summed E-state index contributed by atoms with van der Waals surface area (Å²) in [4.78, 5) is 12.7. The molecule has 0 aliphatic carbocycles. The molecule has 0 spiro atoms. The lowest BCUT2D eigenvalue weighted by atomic mass is 10.2. The number of nitrogen functional groups attached to an aromatic ring is 1. The van der Waals surface area contributed by atoms with E-state index in [0.717, 1.165) is 19.8 Å². The summed E-state index contributed by atoms with van der Waals surface area (Å²) >= 11 is 5.07. The van der Waals surface area contributed by atoms with E-state index in [1.807, 2.05) is 42.5 Å². The summed E-state index contributed by atoms with van der Waals surface area (Å²) in [7, 11) is 0. The Hall–Kier alpha value is -1.46. The minimum Gasteiger partial charge on any atom is -0.481 e. The fraction of sp³-hybridized carbons (Fsp3) is 0.0714. The number of carbonyl (C=O) groups is 1. The molecule has 0 unspecified atom stereocenters. The highest BCUT2D eigenvalue weighted by Crippen LogP contribution is 2.34. The van der Waals surface area contributed by atoms with Crippen LogP contribution in [-0.2, 0) is 11.2 Å². The molecule has 0 aromatic heterocycles. The molecular formula is C14H12BrNO2S. The van der Waals surface area contributed by atoms with Crippen molar-refractivity contribution >= 4 is 39.3 Å². The zero-order valence-corrected chi connectivity index (χ0v) is 12.4.